The minimum Gasteiger partial charge on any atom is -0.506 e. The third-order valence-electron chi connectivity index (χ3n) is 5.99. The lowest BCUT2D eigenvalue weighted by Gasteiger charge is -2.35. The number of aromatic hydroxyl groups is 1. The number of halogens is 1. The molecule has 3 nitrogen and oxygen atoms in total. The topological polar surface area (TPSA) is 45.1 Å². The van der Waals surface area contributed by atoms with Crippen molar-refractivity contribution in [3.8, 4) is 16.9 Å². The number of nitrogens with one attached hydrogen (secondary N) is 1. The summed E-state index contributed by atoms with van der Waals surface area (Å²) in [6.07, 6.45) is 6.77. The van der Waals surface area contributed by atoms with Gasteiger partial charge >= 0.3 is 0 Å². The molecular weight excluding hydrogens is 356 g/mol. The maximum Gasteiger partial charge on any atom is 0.134 e. The van der Waals surface area contributed by atoms with Gasteiger partial charge in [-0.25, -0.2) is 0 Å². The van der Waals surface area contributed by atoms with Gasteiger partial charge in [0.25, 0.3) is 0 Å². The van der Waals surface area contributed by atoms with Crippen molar-refractivity contribution in [1.82, 2.24) is 10.3 Å². The first-order valence-electron chi connectivity index (χ1n) is 9.49. The first-order valence-corrected chi connectivity index (χ1v) is 9.87. The highest BCUT2D eigenvalue weighted by atomic mass is 35.5. The van der Waals surface area contributed by atoms with Crippen molar-refractivity contribution in [2.75, 3.05) is 6.54 Å². The molecule has 0 saturated carbocycles. The highest BCUT2D eigenvalue weighted by molar-refractivity contribution is 6.32. The number of hydrogen-bond donors (Lipinski definition) is 2. The van der Waals surface area contributed by atoms with E-state index in [1.165, 1.54) is 33.4 Å². The van der Waals surface area contributed by atoms with Gasteiger partial charge in [-0.3, -0.25) is 4.98 Å². The Balaban J connectivity index is 1.71. The molecule has 0 saturated heterocycles. The van der Waals surface area contributed by atoms with Gasteiger partial charge in [-0.15, -0.1) is 0 Å². The zero-order valence-corrected chi connectivity index (χ0v) is 15.7. The molecule has 0 bridgehead atoms. The molecule has 5 rings (SSSR count). The van der Waals surface area contributed by atoms with Crippen molar-refractivity contribution < 1.29 is 5.11 Å². The van der Waals surface area contributed by atoms with Gasteiger partial charge in [0.15, 0.2) is 0 Å². The Labute approximate surface area is 164 Å². The van der Waals surface area contributed by atoms with Gasteiger partial charge in [-0.2, -0.15) is 0 Å². The molecule has 0 unspecified atom stereocenters. The van der Waals surface area contributed by atoms with E-state index in [-0.39, 0.29) is 11.7 Å². The SMILES string of the molecule is Oc1cc2c(cc1Cl)CCN[C@H]1CCc3c(-c4ccncc4)cccc3[C@H]21. The Kier molecular flexibility index (Phi) is 4.14. The van der Waals surface area contributed by atoms with E-state index in [2.05, 4.69) is 40.6 Å². The number of aromatic nitrogens is 1. The van der Waals surface area contributed by atoms with Crippen LogP contribution in [0.3, 0.4) is 0 Å². The van der Waals surface area contributed by atoms with E-state index < -0.39 is 0 Å². The van der Waals surface area contributed by atoms with Gasteiger partial charge < -0.3 is 10.4 Å². The monoisotopic (exact) mass is 376 g/mol. The van der Waals surface area contributed by atoms with E-state index in [0.29, 0.717) is 11.1 Å². The third kappa shape index (κ3) is 2.82. The fourth-order valence-corrected chi connectivity index (χ4v) is 4.97. The average Bonchev–Trinajstić information content (AvgIpc) is 2.88. The number of benzene rings is 2. The van der Waals surface area contributed by atoms with Crippen LogP contribution in [-0.4, -0.2) is 22.7 Å². The lowest BCUT2D eigenvalue weighted by atomic mass is 9.73. The van der Waals surface area contributed by atoms with E-state index in [4.69, 9.17) is 11.6 Å². The molecule has 0 radical (unpaired) electrons. The van der Waals surface area contributed by atoms with Crippen LogP contribution >= 0.6 is 11.6 Å². The van der Waals surface area contributed by atoms with Crippen LogP contribution in [0.1, 0.15) is 34.6 Å². The van der Waals surface area contributed by atoms with Crippen LogP contribution in [0.5, 0.6) is 5.75 Å². The molecular formula is C23H21ClN2O. The number of fused-ring (bicyclic) bond motifs is 5. The summed E-state index contributed by atoms with van der Waals surface area (Å²) < 4.78 is 0. The van der Waals surface area contributed by atoms with Crippen LogP contribution in [-0.2, 0) is 12.8 Å². The van der Waals surface area contributed by atoms with E-state index in [1.54, 1.807) is 0 Å². The molecule has 2 aliphatic rings. The van der Waals surface area contributed by atoms with Gasteiger partial charge in [0.2, 0.25) is 0 Å². The largest absolute Gasteiger partial charge is 0.506 e. The van der Waals surface area contributed by atoms with E-state index in [1.807, 2.05) is 24.5 Å². The summed E-state index contributed by atoms with van der Waals surface area (Å²) in [7, 11) is 0. The summed E-state index contributed by atoms with van der Waals surface area (Å²) in [5.41, 5.74) is 7.71. The lowest BCUT2D eigenvalue weighted by Crippen LogP contribution is -2.38. The first-order chi connectivity index (χ1) is 13.2. The average molecular weight is 377 g/mol. The number of nitrogens with zero attached hydrogens (tertiary/aromatic N) is 1. The third-order valence-corrected chi connectivity index (χ3v) is 6.29. The van der Waals surface area contributed by atoms with Crippen LogP contribution in [0.2, 0.25) is 5.02 Å². The van der Waals surface area contributed by atoms with Crippen LogP contribution < -0.4 is 5.32 Å². The predicted octanol–water partition coefficient (Wildman–Crippen LogP) is 4.70. The van der Waals surface area contributed by atoms with Crippen molar-refractivity contribution in [2.45, 2.75) is 31.2 Å². The molecule has 2 heterocycles. The van der Waals surface area contributed by atoms with Gasteiger partial charge in [0.1, 0.15) is 5.75 Å². The number of pyridine rings is 1. The minimum absolute atomic E-state index is 0.175. The van der Waals surface area contributed by atoms with Gasteiger partial charge in [-0.1, -0.05) is 29.8 Å². The maximum absolute atomic E-state index is 10.3. The number of hydrogen-bond acceptors (Lipinski definition) is 3. The zero-order valence-electron chi connectivity index (χ0n) is 15.0. The fraction of sp³-hybridized carbons (Fsp3) is 0.261. The molecule has 1 aliphatic carbocycles. The summed E-state index contributed by atoms with van der Waals surface area (Å²) >= 11 is 6.20. The summed E-state index contributed by atoms with van der Waals surface area (Å²) in [5, 5.41) is 14.5. The second-order valence-corrected chi connectivity index (χ2v) is 7.85. The molecule has 1 aromatic heterocycles. The first kappa shape index (κ1) is 16.8. The molecule has 27 heavy (non-hydrogen) atoms. The standard InChI is InChI=1S/C23H21ClN2O/c24-20-12-15-8-11-26-21-5-4-17-16(14-6-9-25-10-7-14)2-1-3-18(17)23(21)19(15)13-22(20)27/h1-3,6-7,9-10,12-13,21,23,26-27H,4-5,8,11H2/t21-,23+/m0/s1. The molecule has 2 N–H and O–H groups in total. The van der Waals surface area contributed by atoms with Crippen molar-refractivity contribution >= 4 is 11.6 Å². The summed E-state index contributed by atoms with van der Waals surface area (Å²) in [6.45, 7) is 0.939. The molecule has 0 spiro atoms. The van der Waals surface area contributed by atoms with Gasteiger partial charge in [0, 0.05) is 24.4 Å². The molecule has 2 atom stereocenters. The van der Waals surface area contributed by atoms with Crippen LogP contribution in [0, 0.1) is 0 Å². The highest BCUT2D eigenvalue weighted by Crippen LogP contribution is 2.44. The van der Waals surface area contributed by atoms with Crippen molar-refractivity contribution in [1.29, 1.82) is 0 Å². The molecule has 0 amide bonds. The zero-order chi connectivity index (χ0) is 18.4. The molecule has 3 aromatic rings. The quantitative estimate of drug-likeness (QED) is 0.647. The smallest absolute Gasteiger partial charge is 0.134 e. The summed E-state index contributed by atoms with van der Waals surface area (Å²) in [5.74, 6) is 0.407. The summed E-state index contributed by atoms with van der Waals surface area (Å²) in [6, 6.07) is 15.0. The van der Waals surface area contributed by atoms with Gasteiger partial charge in [-0.05, 0) is 83.5 Å². The van der Waals surface area contributed by atoms with E-state index in [9.17, 15) is 5.11 Å². The Morgan fingerprint density at radius 3 is 2.74 bits per heavy atom. The van der Waals surface area contributed by atoms with Crippen LogP contribution in [0.15, 0.2) is 54.9 Å². The Hall–Kier alpha value is -2.36. The molecule has 136 valence electrons. The minimum atomic E-state index is 0.175. The molecule has 1 aliphatic heterocycles. The van der Waals surface area contributed by atoms with E-state index >= 15 is 0 Å². The number of rotatable bonds is 1. The molecule has 2 aromatic carbocycles. The molecule has 0 fully saturated rings. The normalized spacial score (nSPS) is 20.9. The predicted molar refractivity (Wildman–Crippen MR) is 108 cm³/mol. The van der Waals surface area contributed by atoms with Crippen molar-refractivity contribution in [3.63, 3.8) is 0 Å². The second-order valence-electron chi connectivity index (χ2n) is 7.44. The lowest BCUT2D eigenvalue weighted by molar-refractivity contribution is 0.432. The fourth-order valence-electron chi connectivity index (χ4n) is 4.78. The van der Waals surface area contributed by atoms with Crippen molar-refractivity contribution in [2.24, 2.45) is 0 Å². The highest BCUT2D eigenvalue weighted by Gasteiger charge is 2.35. The Morgan fingerprint density at radius 1 is 1.04 bits per heavy atom. The molecule has 4 heteroatoms. The van der Waals surface area contributed by atoms with Crippen LogP contribution in [0.4, 0.5) is 0 Å². The van der Waals surface area contributed by atoms with Crippen molar-refractivity contribution in [3.05, 3.63) is 82.1 Å². The maximum atomic E-state index is 10.3. The number of phenolic OH excluding ortho intramolecular Hbond substituents is 1. The second kappa shape index (κ2) is 6.66. The Bertz CT molecular complexity index is 1000. The van der Waals surface area contributed by atoms with Crippen LogP contribution in [0.25, 0.3) is 11.1 Å². The van der Waals surface area contributed by atoms with Gasteiger partial charge in [0.05, 0.1) is 5.02 Å². The van der Waals surface area contributed by atoms with E-state index in [0.717, 1.165) is 25.8 Å². The Morgan fingerprint density at radius 2 is 1.89 bits per heavy atom. The summed E-state index contributed by atoms with van der Waals surface area (Å²) in [4.78, 5) is 4.16. The number of phenols is 1.